The molecule has 0 unspecified atom stereocenters. The minimum Gasteiger partial charge on any atom is -0.394 e. The maximum absolute atomic E-state index is 13.9. The normalized spacial score (nSPS) is 30.2. The molecule has 2 aromatic rings. The van der Waals surface area contributed by atoms with E-state index in [0.29, 0.717) is 0 Å². The van der Waals surface area contributed by atoms with Crippen molar-refractivity contribution in [2.24, 2.45) is 0 Å². The largest absolute Gasteiger partial charge is 0.394 e. The first-order chi connectivity index (χ1) is 9.54. The SMILES string of the molecule is Nc1ncnc2c1c(F)cn2[C@@H]1O[C@H](CO)[C@@H](F)[C@H]1O. The zero-order chi connectivity index (χ0) is 14.4. The van der Waals surface area contributed by atoms with E-state index in [4.69, 9.17) is 15.6 Å². The summed E-state index contributed by atoms with van der Waals surface area (Å²) in [6, 6.07) is 0. The topological polar surface area (TPSA) is 106 Å². The summed E-state index contributed by atoms with van der Waals surface area (Å²) in [6.45, 7) is -0.590. The van der Waals surface area contributed by atoms with Crippen LogP contribution in [0.1, 0.15) is 6.23 Å². The number of nitrogens with two attached hydrogens (primary N) is 1. The summed E-state index contributed by atoms with van der Waals surface area (Å²) < 4.78 is 33.9. The van der Waals surface area contributed by atoms with Gasteiger partial charge in [-0.3, -0.25) is 0 Å². The molecule has 4 atom stereocenters. The Labute approximate surface area is 111 Å². The number of hydrogen-bond donors (Lipinski definition) is 3. The summed E-state index contributed by atoms with van der Waals surface area (Å²) >= 11 is 0. The van der Waals surface area contributed by atoms with Crippen LogP contribution in [0.5, 0.6) is 0 Å². The average molecular weight is 286 g/mol. The van der Waals surface area contributed by atoms with Gasteiger partial charge in [-0.1, -0.05) is 0 Å². The first-order valence-electron chi connectivity index (χ1n) is 5.89. The van der Waals surface area contributed by atoms with Crippen LogP contribution in [0.4, 0.5) is 14.6 Å². The molecule has 4 N–H and O–H groups in total. The molecule has 7 nitrogen and oxygen atoms in total. The van der Waals surface area contributed by atoms with Gasteiger partial charge < -0.3 is 25.3 Å². The highest BCUT2D eigenvalue weighted by Gasteiger charge is 2.45. The molecule has 3 heterocycles. The fourth-order valence-electron chi connectivity index (χ4n) is 2.34. The van der Waals surface area contributed by atoms with Crippen molar-refractivity contribution in [3.8, 4) is 0 Å². The van der Waals surface area contributed by atoms with Gasteiger partial charge in [0.1, 0.15) is 24.4 Å². The number of rotatable bonds is 2. The van der Waals surface area contributed by atoms with Gasteiger partial charge in [-0.25, -0.2) is 18.7 Å². The Morgan fingerprint density at radius 1 is 1.45 bits per heavy atom. The molecule has 1 aliphatic heterocycles. The van der Waals surface area contributed by atoms with Gasteiger partial charge in [0.15, 0.2) is 23.9 Å². The fourth-order valence-corrected chi connectivity index (χ4v) is 2.34. The molecule has 0 spiro atoms. The van der Waals surface area contributed by atoms with Crippen LogP contribution in [0.3, 0.4) is 0 Å². The minimum atomic E-state index is -1.77. The molecular weight excluding hydrogens is 274 g/mol. The number of nitrogen functional groups attached to an aromatic ring is 1. The van der Waals surface area contributed by atoms with Crippen LogP contribution >= 0.6 is 0 Å². The third-order valence-corrected chi connectivity index (χ3v) is 3.33. The molecule has 1 aliphatic rings. The Hall–Kier alpha value is -1.84. The van der Waals surface area contributed by atoms with Crippen LogP contribution in [-0.4, -0.2) is 49.7 Å². The number of aromatic nitrogens is 3. The van der Waals surface area contributed by atoms with E-state index in [1.807, 2.05) is 0 Å². The molecule has 9 heteroatoms. The van der Waals surface area contributed by atoms with Gasteiger partial charge in [0.25, 0.3) is 0 Å². The Morgan fingerprint density at radius 2 is 2.20 bits per heavy atom. The van der Waals surface area contributed by atoms with Gasteiger partial charge >= 0.3 is 0 Å². The van der Waals surface area contributed by atoms with E-state index >= 15 is 0 Å². The Balaban J connectivity index is 2.10. The summed E-state index contributed by atoms with van der Waals surface area (Å²) in [5.41, 5.74) is 5.65. The number of nitrogens with zero attached hydrogens (tertiary/aromatic N) is 3. The van der Waals surface area contributed by atoms with E-state index in [1.54, 1.807) is 0 Å². The van der Waals surface area contributed by atoms with Crippen LogP contribution < -0.4 is 5.73 Å². The predicted molar refractivity (Wildman–Crippen MR) is 63.8 cm³/mol. The van der Waals surface area contributed by atoms with E-state index in [0.717, 1.165) is 17.1 Å². The third-order valence-electron chi connectivity index (χ3n) is 3.33. The number of fused-ring (bicyclic) bond motifs is 1. The zero-order valence-corrected chi connectivity index (χ0v) is 10.1. The van der Waals surface area contributed by atoms with E-state index in [9.17, 15) is 13.9 Å². The molecule has 0 amide bonds. The maximum atomic E-state index is 13.9. The number of aliphatic hydroxyl groups is 2. The smallest absolute Gasteiger partial charge is 0.164 e. The van der Waals surface area contributed by atoms with E-state index < -0.39 is 37.0 Å². The predicted octanol–water partition coefficient (Wildman–Crippen LogP) is -0.259. The van der Waals surface area contributed by atoms with Gasteiger partial charge in [-0.15, -0.1) is 0 Å². The first kappa shape index (κ1) is 13.2. The zero-order valence-electron chi connectivity index (χ0n) is 10.1. The van der Waals surface area contributed by atoms with Crippen LogP contribution in [0.2, 0.25) is 0 Å². The molecule has 0 bridgehead atoms. The Kier molecular flexibility index (Phi) is 3.04. The number of ether oxygens (including phenoxy) is 1. The van der Waals surface area contributed by atoms with Crippen LogP contribution in [0.15, 0.2) is 12.5 Å². The van der Waals surface area contributed by atoms with Gasteiger partial charge in [-0.2, -0.15) is 0 Å². The van der Waals surface area contributed by atoms with Crippen molar-refractivity contribution in [2.45, 2.75) is 24.6 Å². The van der Waals surface area contributed by atoms with Gasteiger partial charge in [0.05, 0.1) is 12.0 Å². The molecule has 20 heavy (non-hydrogen) atoms. The molecule has 0 radical (unpaired) electrons. The molecular formula is C11H12F2N4O3. The van der Waals surface area contributed by atoms with Gasteiger partial charge in [0, 0.05) is 6.20 Å². The molecule has 0 aliphatic carbocycles. The van der Waals surface area contributed by atoms with Crippen molar-refractivity contribution in [1.82, 2.24) is 14.5 Å². The Bertz CT molecular complexity index is 650. The minimum absolute atomic E-state index is 0.0221. The fraction of sp³-hybridized carbons (Fsp3) is 0.455. The molecule has 0 saturated carbocycles. The second kappa shape index (κ2) is 4.62. The van der Waals surface area contributed by atoms with Crippen molar-refractivity contribution >= 4 is 16.9 Å². The summed E-state index contributed by atoms with van der Waals surface area (Å²) in [5, 5.41) is 18.8. The second-order valence-corrected chi connectivity index (χ2v) is 4.52. The molecule has 0 aromatic carbocycles. The summed E-state index contributed by atoms with van der Waals surface area (Å²) in [7, 11) is 0. The van der Waals surface area contributed by atoms with Crippen molar-refractivity contribution in [3.05, 3.63) is 18.3 Å². The average Bonchev–Trinajstić information content (AvgIpc) is 2.90. The highest BCUT2D eigenvalue weighted by Crippen LogP contribution is 2.35. The first-order valence-corrected chi connectivity index (χ1v) is 5.89. The van der Waals surface area contributed by atoms with E-state index in [-0.39, 0.29) is 16.9 Å². The highest BCUT2D eigenvalue weighted by atomic mass is 19.1. The lowest BCUT2D eigenvalue weighted by Gasteiger charge is -2.16. The summed E-state index contributed by atoms with van der Waals surface area (Å²) in [5.74, 6) is -0.758. The lowest BCUT2D eigenvalue weighted by atomic mass is 10.1. The molecule has 3 rings (SSSR count). The lowest BCUT2D eigenvalue weighted by molar-refractivity contribution is -0.0494. The third kappa shape index (κ3) is 1.74. The van der Waals surface area contributed by atoms with Crippen molar-refractivity contribution in [1.29, 1.82) is 0 Å². The maximum Gasteiger partial charge on any atom is 0.164 e. The second-order valence-electron chi connectivity index (χ2n) is 4.52. The quantitative estimate of drug-likeness (QED) is 0.702. The standard InChI is InChI=1S/C11H12F2N4O3/c12-4-1-17(10-6(4)9(14)15-3-16-10)11-8(19)7(13)5(2-18)20-11/h1,3,5,7-8,11,18-19H,2H2,(H2,14,15,16)/t5-,7-,8-,11-/m1/s1. The number of hydrogen-bond acceptors (Lipinski definition) is 6. The van der Waals surface area contributed by atoms with Crippen LogP contribution in [0, 0.1) is 5.82 Å². The summed E-state index contributed by atoms with van der Waals surface area (Å²) in [6.07, 6.45) is -3.54. The molecule has 108 valence electrons. The van der Waals surface area contributed by atoms with Crippen LogP contribution in [0.25, 0.3) is 11.0 Å². The van der Waals surface area contributed by atoms with E-state index in [1.165, 1.54) is 0 Å². The Morgan fingerprint density at radius 3 is 2.85 bits per heavy atom. The van der Waals surface area contributed by atoms with Gasteiger partial charge in [0.2, 0.25) is 0 Å². The molecule has 2 aromatic heterocycles. The number of aliphatic hydroxyl groups excluding tert-OH is 2. The molecule has 1 fully saturated rings. The van der Waals surface area contributed by atoms with Crippen molar-refractivity contribution in [3.63, 3.8) is 0 Å². The van der Waals surface area contributed by atoms with Crippen LogP contribution in [-0.2, 0) is 4.74 Å². The lowest BCUT2D eigenvalue weighted by Crippen LogP contribution is -2.29. The highest BCUT2D eigenvalue weighted by molar-refractivity contribution is 5.86. The van der Waals surface area contributed by atoms with Crippen molar-refractivity contribution in [2.75, 3.05) is 12.3 Å². The van der Waals surface area contributed by atoms with Gasteiger partial charge in [-0.05, 0) is 0 Å². The number of anilines is 1. The number of halogens is 2. The van der Waals surface area contributed by atoms with Crippen molar-refractivity contribution < 1.29 is 23.7 Å². The monoisotopic (exact) mass is 286 g/mol. The summed E-state index contributed by atoms with van der Waals surface area (Å²) in [4.78, 5) is 7.54. The molecule has 1 saturated heterocycles. The number of alkyl halides is 1. The van der Waals surface area contributed by atoms with E-state index in [2.05, 4.69) is 9.97 Å².